The number of carbonyl (C=O) groups excluding carboxylic acids is 1. The van der Waals surface area contributed by atoms with Gasteiger partial charge >= 0.3 is 5.69 Å². The molecule has 11 nitrogen and oxygen atoms in total. The molecular formula is C28H38N5O6P. The number of hydrogen-bond donors (Lipinski definition) is 1. The van der Waals surface area contributed by atoms with Gasteiger partial charge in [-0.3, -0.25) is 9.36 Å². The molecule has 3 heterocycles. The summed E-state index contributed by atoms with van der Waals surface area (Å²) in [5.41, 5.74) is -0.278. The molecule has 2 fully saturated rings. The minimum absolute atomic E-state index is 0.135. The van der Waals surface area contributed by atoms with E-state index in [2.05, 4.69) is 48.7 Å². The van der Waals surface area contributed by atoms with Gasteiger partial charge in [0.05, 0.1) is 25.7 Å². The number of ether oxygens (including phenoxy) is 2. The van der Waals surface area contributed by atoms with Crippen molar-refractivity contribution in [3.05, 3.63) is 58.1 Å². The van der Waals surface area contributed by atoms with E-state index in [0.29, 0.717) is 24.2 Å². The number of carbonyl (C=O) groups is 1. The number of hydrogen-bond acceptors (Lipinski definition) is 9. The first-order valence-electron chi connectivity index (χ1n) is 13.6. The predicted octanol–water partition coefficient (Wildman–Crippen LogP) is 4.54. The zero-order valence-electron chi connectivity index (χ0n) is 23.9. The number of fused-ring (bicyclic) bond motifs is 2. The summed E-state index contributed by atoms with van der Waals surface area (Å²) in [6, 6.07) is 11.1. The first-order chi connectivity index (χ1) is 19.1. The molecule has 0 aliphatic carbocycles. The SMILES string of the molecule is CC[C@@]12CO[C@@H]([C@@H](n3cc(C)c(NC(=O)c4ccccc4)nc3=O)O1)[C@@H]2OP(OCCC#N)N(C(C)C)C(C)C. The third-order valence-corrected chi connectivity index (χ3v) is 9.23. The monoisotopic (exact) mass is 571 g/mol. The minimum atomic E-state index is -1.54. The van der Waals surface area contributed by atoms with E-state index in [0.717, 1.165) is 0 Å². The number of amides is 1. The molecule has 216 valence electrons. The maximum Gasteiger partial charge on any atom is 0.351 e. The van der Waals surface area contributed by atoms with E-state index in [4.69, 9.17) is 23.8 Å². The van der Waals surface area contributed by atoms with E-state index in [1.807, 2.05) is 13.0 Å². The summed E-state index contributed by atoms with van der Waals surface area (Å²) in [5, 5.41) is 11.8. The van der Waals surface area contributed by atoms with Gasteiger partial charge in [0.2, 0.25) is 0 Å². The standard InChI is InChI=1S/C28H38N5O6P/c1-7-28-17-36-22(23(28)39-40(37-15-11-14-29)33(18(2)3)19(4)5)26(38-28)32-16-20(6)24(31-27(32)35)30-25(34)21-12-9-8-10-13-21/h8-10,12-13,16,18-19,22-23,26H,7,11,15,17H2,1-6H3,(H,30,31,34,35)/t22-,23+,26+,28+,40?/m1/s1. The summed E-state index contributed by atoms with van der Waals surface area (Å²) in [4.78, 5) is 30.0. The lowest BCUT2D eigenvalue weighted by atomic mass is 9.96. The second-order valence-corrected chi connectivity index (χ2v) is 12.0. The van der Waals surface area contributed by atoms with Gasteiger partial charge in [0.25, 0.3) is 14.4 Å². The molecule has 1 amide bonds. The van der Waals surface area contributed by atoms with Crippen molar-refractivity contribution in [1.82, 2.24) is 14.2 Å². The van der Waals surface area contributed by atoms with E-state index in [1.165, 1.54) is 4.57 Å². The lowest BCUT2D eigenvalue weighted by Gasteiger charge is -2.38. The van der Waals surface area contributed by atoms with Gasteiger partial charge in [0, 0.05) is 29.4 Å². The molecule has 4 rings (SSSR count). The number of nitrogens with one attached hydrogen (secondary N) is 1. The van der Waals surface area contributed by atoms with Gasteiger partial charge in [0.1, 0.15) is 23.6 Å². The lowest BCUT2D eigenvalue weighted by molar-refractivity contribution is -0.175. The summed E-state index contributed by atoms with van der Waals surface area (Å²) < 4.78 is 29.1. The van der Waals surface area contributed by atoms with Crippen LogP contribution >= 0.6 is 8.53 Å². The van der Waals surface area contributed by atoms with Gasteiger partial charge in [0.15, 0.2) is 6.23 Å². The number of anilines is 1. The highest BCUT2D eigenvalue weighted by atomic mass is 31.2. The Morgan fingerprint density at radius 3 is 2.62 bits per heavy atom. The fraction of sp³-hybridized carbons (Fsp3) is 0.571. The second-order valence-electron chi connectivity index (χ2n) is 10.6. The average Bonchev–Trinajstić information content (AvgIpc) is 3.42. The predicted molar refractivity (Wildman–Crippen MR) is 151 cm³/mol. The van der Waals surface area contributed by atoms with Crippen LogP contribution in [0.25, 0.3) is 0 Å². The Labute approximate surface area is 236 Å². The summed E-state index contributed by atoms with van der Waals surface area (Å²) in [5.74, 6) is -0.160. The molecular weight excluding hydrogens is 533 g/mol. The maximum absolute atomic E-state index is 13.2. The molecule has 40 heavy (non-hydrogen) atoms. The van der Waals surface area contributed by atoms with Gasteiger partial charge in [-0.05, 0) is 53.2 Å². The number of benzene rings is 1. The summed E-state index contributed by atoms with van der Waals surface area (Å²) in [7, 11) is -1.54. The Balaban J connectivity index is 1.59. The van der Waals surface area contributed by atoms with Gasteiger partial charge in [-0.25, -0.2) is 9.46 Å². The highest BCUT2D eigenvalue weighted by molar-refractivity contribution is 7.44. The molecule has 1 unspecified atom stereocenters. The number of nitriles is 1. The Hall–Kier alpha value is -2.71. The molecule has 0 radical (unpaired) electrons. The number of aromatic nitrogens is 2. The molecule has 2 aliphatic rings. The van der Waals surface area contributed by atoms with Crippen LogP contribution in [0, 0.1) is 18.3 Å². The third kappa shape index (κ3) is 6.13. The fourth-order valence-electron chi connectivity index (χ4n) is 5.14. The normalized spacial score (nSPS) is 24.6. The van der Waals surface area contributed by atoms with Crippen LogP contribution in [0.1, 0.15) is 69.6 Å². The van der Waals surface area contributed by atoms with Crippen LogP contribution in [-0.2, 0) is 18.5 Å². The number of aryl methyl sites for hydroxylation is 1. The highest BCUT2D eigenvalue weighted by Gasteiger charge is 2.63. The molecule has 1 aromatic heterocycles. The lowest BCUT2D eigenvalue weighted by Crippen LogP contribution is -2.42. The van der Waals surface area contributed by atoms with Crippen LogP contribution < -0.4 is 11.0 Å². The first kappa shape index (κ1) is 30.3. The van der Waals surface area contributed by atoms with Crippen LogP contribution in [0.3, 0.4) is 0 Å². The third-order valence-electron chi connectivity index (χ3n) is 7.11. The summed E-state index contributed by atoms with van der Waals surface area (Å²) in [6.07, 6.45) is 0.643. The van der Waals surface area contributed by atoms with Crippen molar-refractivity contribution in [2.24, 2.45) is 0 Å². The molecule has 1 N–H and O–H groups in total. The van der Waals surface area contributed by atoms with Crippen LogP contribution in [0.15, 0.2) is 41.3 Å². The van der Waals surface area contributed by atoms with Gasteiger partial charge in [-0.15, -0.1) is 0 Å². The second kappa shape index (κ2) is 12.9. The summed E-state index contributed by atoms with van der Waals surface area (Å²) in [6.45, 7) is 12.7. The van der Waals surface area contributed by atoms with Crippen LogP contribution in [0.5, 0.6) is 0 Å². The van der Waals surface area contributed by atoms with E-state index in [9.17, 15) is 9.59 Å². The van der Waals surface area contributed by atoms with Crippen molar-refractivity contribution in [1.29, 1.82) is 5.26 Å². The molecule has 2 saturated heterocycles. The Kier molecular flexibility index (Phi) is 9.72. The molecule has 12 heteroatoms. The van der Waals surface area contributed by atoms with E-state index in [1.54, 1.807) is 37.4 Å². The van der Waals surface area contributed by atoms with Crippen LogP contribution in [0.2, 0.25) is 0 Å². The molecule has 5 atom stereocenters. The Bertz CT molecular complexity index is 1270. The van der Waals surface area contributed by atoms with Crippen molar-refractivity contribution in [2.75, 3.05) is 18.5 Å². The van der Waals surface area contributed by atoms with Crippen LogP contribution in [-0.4, -0.2) is 63.2 Å². The van der Waals surface area contributed by atoms with Crippen LogP contribution in [0.4, 0.5) is 5.82 Å². The quantitative estimate of drug-likeness (QED) is 0.288. The average molecular weight is 572 g/mol. The minimum Gasteiger partial charge on any atom is -0.368 e. The van der Waals surface area contributed by atoms with E-state index in [-0.39, 0.29) is 36.8 Å². The van der Waals surface area contributed by atoms with Crippen molar-refractivity contribution in [2.45, 2.75) is 90.5 Å². The van der Waals surface area contributed by atoms with Crippen molar-refractivity contribution < 1.29 is 23.3 Å². The van der Waals surface area contributed by atoms with Gasteiger partial charge in [-0.2, -0.15) is 10.2 Å². The van der Waals surface area contributed by atoms with Crippen molar-refractivity contribution in [3.8, 4) is 6.07 Å². The topological polar surface area (TPSA) is 128 Å². The largest absolute Gasteiger partial charge is 0.368 e. The number of nitrogens with zero attached hydrogens (tertiary/aromatic N) is 4. The van der Waals surface area contributed by atoms with Crippen molar-refractivity contribution >= 4 is 20.3 Å². The fourth-order valence-corrected chi connectivity index (χ4v) is 6.95. The summed E-state index contributed by atoms with van der Waals surface area (Å²) >= 11 is 0. The smallest absolute Gasteiger partial charge is 0.351 e. The zero-order chi connectivity index (χ0) is 29.0. The maximum atomic E-state index is 13.2. The number of rotatable bonds is 12. The Morgan fingerprint density at radius 2 is 2.00 bits per heavy atom. The molecule has 1 aromatic carbocycles. The van der Waals surface area contributed by atoms with E-state index >= 15 is 0 Å². The zero-order valence-corrected chi connectivity index (χ0v) is 24.8. The highest BCUT2D eigenvalue weighted by Crippen LogP contribution is 2.55. The van der Waals surface area contributed by atoms with Crippen molar-refractivity contribution in [3.63, 3.8) is 0 Å². The molecule has 2 aliphatic heterocycles. The van der Waals surface area contributed by atoms with E-state index < -0.39 is 38.3 Å². The first-order valence-corrected chi connectivity index (χ1v) is 14.8. The molecule has 0 spiro atoms. The molecule has 2 bridgehead atoms. The Morgan fingerprint density at radius 1 is 1.30 bits per heavy atom. The van der Waals surface area contributed by atoms with Gasteiger partial charge in [-0.1, -0.05) is 25.1 Å². The molecule has 2 aromatic rings. The van der Waals surface area contributed by atoms with Gasteiger partial charge < -0.3 is 23.8 Å². The molecule has 0 saturated carbocycles.